The largest absolute Gasteiger partial charge is 0.477 e. The van der Waals surface area contributed by atoms with Crippen molar-refractivity contribution in [3.8, 4) is 0 Å². The van der Waals surface area contributed by atoms with E-state index in [1.54, 1.807) is 6.07 Å². The van der Waals surface area contributed by atoms with E-state index in [1.165, 1.54) is 12.1 Å². The second-order valence-electron chi connectivity index (χ2n) is 5.40. The lowest BCUT2D eigenvalue weighted by Crippen LogP contribution is -2.34. The normalized spacial score (nSPS) is 10.9. The Morgan fingerprint density at radius 3 is 2.35 bits per heavy atom. The van der Waals surface area contributed by atoms with Gasteiger partial charge in [0, 0.05) is 24.3 Å². The predicted molar refractivity (Wildman–Crippen MR) is 77.4 cm³/mol. The fourth-order valence-electron chi connectivity index (χ4n) is 2.04. The summed E-state index contributed by atoms with van der Waals surface area (Å²) >= 11 is 0. The van der Waals surface area contributed by atoms with Crippen LogP contribution in [0.5, 0.6) is 0 Å². The molecule has 0 fully saturated rings. The quantitative estimate of drug-likeness (QED) is 0.639. The van der Waals surface area contributed by atoms with E-state index in [0.29, 0.717) is 11.6 Å². The second-order valence-corrected chi connectivity index (χ2v) is 5.40. The van der Waals surface area contributed by atoms with E-state index in [2.05, 4.69) is 13.8 Å². The number of rotatable bonds is 6. The molecule has 0 atom stereocenters. The summed E-state index contributed by atoms with van der Waals surface area (Å²) in [7, 11) is 0. The summed E-state index contributed by atoms with van der Waals surface area (Å²) in [5, 5.41) is 20.0. The number of aromatic carboxylic acids is 1. The molecule has 1 N–H and O–H groups in total. The first kappa shape index (κ1) is 15.9. The van der Waals surface area contributed by atoms with E-state index in [-0.39, 0.29) is 17.3 Å². The van der Waals surface area contributed by atoms with Crippen LogP contribution in [0.25, 0.3) is 0 Å². The zero-order valence-electron chi connectivity index (χ0n) is 12.2. The van der Waals surface area contributed by atoms with Gasteiger partial charge in [-0.1, -0.05) is 13.8 Å². The molecule has 0 aliphatic rings. The molecule has 20 heavy (non-hydrogen) atoms. The van der Waals surface area contributed by atoms with Crippen molar-refractivity contribution in [3.05, 3.63) is 33.9 Å². The van der Waals surface area contributed by atoms with Gasteiger partial charge in [-0.15, -0.1) is 0 Å². The van der Waals surface area contributed by atoms with Crippen molar-refractivity contribution in [1.82, 2.24) is 0 Å². The van der Waals surface area contributed by atoms with Gasteiger partial charge in [0.2, 0.25) is 0 Å². The van der Waals surface area contributed by atoms with E-state index in [9.17, 15) is 14.9 Å². The van der Waals surface area contributed by atoms with E-state index in [0.717, 1.165) is 6.54 Å². The van der Waals surface area contributed by atoms with E-state index < -0.39 is 10.9 Å². The second kappa shape index (κ2) is 6.36. The molecular weight excluding hydrogens is 260 g/mol. The average Bonchev–Trinajstić information content (AvgIpc) is 2.34. The molecule has 0 radical (unpaired) electrons. The van der Waals surface area contributed by atoms with Crippen molar-refractivity contribution in [2.75, 3.05) is 11.4 Å². The van der Waals surface area contributed by atoms with Crippen molar-refractivity contribution in [1.29, 1.82) is 0 Å². The Hall–Kier alpha value is -2.11. The lowest BCUT2D eigenvalue weighted by molar-refractivity contribution is -0.385. The smallest absolute Gasteiger partial charge is 0.342 e. The Balaban J connectivity index is 3.27. The molecule has 0 aliphatic heterocycles. The fourth-order valence-corrected chi connectivity index (χ4v) is 2.04. The highest BCUT2D eigenvalue weighted by Crippen LogP contribution is 2.27. The SMILES string of the molecule is CC(C)CN(c1ccc([N+](=O)[O-])c(C(=O)O)c1)C(C)C. The van der Waals surface area contributed by atoms with E-state index >= 15 is 0 Å². The highest BCUT2D eigenvalue weighted by Gasteiger charge is 2.22. The minimum absolute atomic E-state index is 0.181. The Bertz CT molecular complexity index is 512. The molecule has 1 rings (SSSR count). The number of benzene rings is 1. The van der Waals surface area contributed by atoms with Crippen molar-refractivity contribution in [2.24, 2.45) is 5.92 Å². The van der Waals surface area contributed by atoms with Crippen LogP contribution in [-0.4, -0.2) is 28.6 Å². The van der Waals surface area contributed by atoms with Crippen LogP contribution in [0.15, 0.2) is 18.2 Å². The van der Waals surface area contributed by atoms with Gasteiger partial charge in [-0.3, -0.25) is 10.1 Å². The van der Waals surface area contributed by atoms with Crippen LogP contribution in [-0.2, 0) is 0 Å². The topological polar surface area (TPSA) is 83.7 Å². The number of nitro benzene ring substituents is 1. The first-order valence-electron chi connectivity index (χ1n) is 6.52. The highest BCUT2D eigenvalue weighted by atomic mass is 16.6. The molecule has 0 amide bonds. The Morgan fingerprint density at radius 2 is 1.95 bits per heavy atom. The maximum atomic E-state index is 11.2. The molecule has 0 saturated carbocycles. The van der Waals surface area contributed by atoms with Crippen LogP contribution in [0, 0.1) is 16.0 Å². The minimum Gasteiger partial charge on any atom is -0.477 e. The van der Waals surface area contributed by atoms with Gasteiger partial charge in [-0.05, 0) is 31.9 Å². The van der Waals surface area contributed by atoms with Crippen molar-refractivity contribution < 1.29 is 14.8 Å². The summed E-state index contributed by atoms with van der Waals surface area (Å²) in [6, 6.07) is 4.42. The number of carboxylic acid groups (broad SMARTS) is 1. The molecule has 0 bridgehead atoms. The zero-order valence-corrected chi connectivity index (χ0v) is 12.2. The summed E-state index contributed by atoms with van der Waals surface area (Å²) in [6.45, 7) is 8.90. The number of hydrogen-bond donors (Lipinski definition) is 1. The number of hydrogen-bond acceptors (Lipinski definition) is 4. The lowest BCUT2D eigenvalue weighted by Gasteiger charge is -2.30. The lowest BCUT2D eigenvalue weighted by atomic mass is 10.1. The Morgan fingerprint density at radius 1 is 1.35 bits per heavy atom. The van der Waals surface area contributed by atoms with Crippen LogP contribution < -0.4 is 4.90 Å². The molecule has 0 saturated heterocycles. The van der Waals surface area contributed by atoms with E-state index in [4.69, 9.17) is 5.11 Å². The number of carboxylic acids is 1. The van der Waals surface area contributed by atoms with Gasteiger partial charge in [-0.25, -0.2) is 4.79 Å². The highest BCUT2D eigenvalue weighted by molar-refractivity contribution is 5.93. The fraction of sp³-hybridized carbons (Fsp3) is 0.500. The summed E-state index contributed by atoms with van der Waals surface area (Å²) in [4.78, 5) is 23.4. The van der Waals surface area contributed by atoms with Crippen LogP contribution in [0.3, 0.4) is 0 Å². The molecule has 0 heterocycles. The minimum atomic E-state index is -1.29. The zero-order chi connectivity index (χ0) is 15.4. The van der Waals surface area contributed by atoms with Gasteiger partial charge < -0.3 is 10.0 Å². The monoisotopic (exact) mass is 280 g/mol. The standard InChI is InChI=1S/C14H20N2O4/c1-9(2)8-15(10(3)4)11-5-6-13(16(19)20)12(7-11)14(17)18/h5-7,9-10H,8H2,1-4H3,(H,17,18). The van der Waals surface area contributed by atoms with Crippen LogP contribution in [0.1, 0.15) is 38.1 Å². The van der Waals surface area contributed by atoms with Gasteiger partial charge in [0.15, 0.2) is 0 Å². The number of nitrogens with zero attached hydrogens (tertiary/aromatic N) is 2. The third-order valence-corrected chi connectivity index (χ3v) is 2.92. The molecule has 6 heteroatoms. The van der Waals surface area contributed by atoms with Gasteiger partial charge in [0.05, 0.1) is 4.92 Å². The average molecular weight is 280 g/mol. The maximum Gasteiger partial charge on any atom is 0.342 e. The van der Waals surface area contributed by atoms with Crippen molar-refractivity contribution in [2.45, 2.75) is 33.7 Å². The molecule has 0 spiro atoms. The van der Waals surface area contributed by atoms with Crippen LogP contribution in [0.2, 0.25) is 0 Å². The molecule has 1 aromatic carbocycles. The molecule has 110 valence electrons. The van der Waals surface area contributed by atoms with Crippen molar-refractivity contribution in [3.63, 3.8) is 0 Å². The Labute approximate surface area is 118 Å². The molecular formula is C14H20N2O4. The number of anilines is 1. The molecule has 1 aromatic rings. The third-order valence-electron chi connectivity index (χ3n) is 2.92. The van der Waals surface area contributed by atoms with Gasteiger partial charge >= 0.3 is 5.97 Å². The molecule has 6 nitrogen and oxygen atoms in total. The number of nitro groups is 1. The predicted octanol–water partition coefficient (Wildman–Crippen LogP) is 3.16. The van der Waals surface area contributed by atoms with Crippen LogP contribution >= 0.6 is 0 Å². The molecule has 0 aliphatic carbocycles. The van der Waals surface area contributed by atoms with Crippen molar-refractivity contribution >= 4 is 17.3 Å². The first-order valence-corrected chi connectivity index (χ1v) is 6.52. The summed E-state index contributed by atoms with van der Waals surface area (Å²) in [6.07, 6.45) is 0. The summed E-state index contributed by atoms with van der Waals surface area (Å²) in [5.74, 6) is -0.882. The Kier molecular flexibility index (Phi) is 5.07. The number of carbonyl (C=O) groups is 1. The van der Waals surface area contributed by atoms with Gasteiger partial charge in [0.1, 0.15) is 5.56 Å². The summed E-state index contributed by atoms with van der Waals surface area (Å²) in [5.41, 5.74) is 0.0353. The first-order chi connectivity index (χ1) is 9.23. The van der Waals surface area contributed by atoms with Crippen LogP contribution in [0.4, 0.5) is 11.4 Å². The summed E-state index contributed by atoms with van der Waals surface area (Å²) < 4.78 is 0. The van der Waals surface area contributed by atoms with E-state index in [1.807, 2.05) is 18.7 Å². The molecule has 0 aromatic heterocycles. The molecule has 0 unspecified atom stereocenters. The third kappa shape index (κ3) is 3.69. The van der Waals surface area contributed by atoms with Gasteiger partial charge in [0.25, 0.3) is 5.69 Å². The maximum absolute atomic E-state index is 11.2. The van der Waals surface area contributed by atoms with Gasteiger partial charge in [-0.2, -0.15) is 0 Å².